The summed E-state index contributed by atoms with van der Waals surface area (Å²) in [6.45, 7) is 4.96. The highest BCUT2D eigenvalue weighted by Crippen LogP contribution is 2.37. The molecule has 0 bridgehead atoms. The summed E-state index contributed by atoms with van der Waals surface area (Å²) >= 11 is 12.8. The van der Waals surface area contributed by atoms with Crippen LogP contribution in [0.2, 0.25) is 10.0 Å². The SMILES string of the molecule is CCCCCCCCCCCCCCCCCCNC(=O)c1c(-c2c(Cl)cccc2Cl)noc1CCC. The average molecular weight is 552 g/mol. The van der Waals surface area contributed by atoms with Gasteiger partial charge in [-0.2, -0.15) is 0 Å². The van der Waals surface area contributed by atoms with Crippen LogP contribution in [0.5, 0.6) is 0 Å². The first-order valence-electron chi connectivity index (χ1n) is 14.8. The molecule has 0 spiro atoms. The minimum Gasteiger partial charge on any atom is -0.360 e. The van der Waals surface area contributed by atoms with Crippen LogP contribution in [0, 0.1) is 0 Å². The molecule has 1 aromatic heterocycles. The Balaban J connectivity index is 1.60. The van der Waals surface area contributed by atoms with Crippen LogP contribution >= 0.6 is 23.2 Å². The number of hydrogen-bond donors (Lipinski definition) is 1. The van der Waals surface area contributed by atoms with Crippen molar-refractivity contribution in [1.29, 1.82) is 0 Å². The number of unbranched alkanes of at least 4 members (excludes halogenated alkanes) is 15. The van der Waals surface area contributed by atoms with Gasteiger partial charge in [-0.25, -0.2) is 0 Å². The number of aryl methyl sites for hydroxylation is 1. The number of nitrogens with one attached hydrogen (secondary N) is 1. The highest BCUT2D eigenvalue weighted by Gasteiger charge is 2.26. The third-order valence-corrected chi connectivity index (χ3v) is 7.61. The van der Waals surface area contributed by atoms with Crippen molar-refractivity contribution in [2.45, 2.75) is 129 Å². The first-order chi connectivity index (χ1) is 18.1. The minimum absolute atomic E-state index is 0.170. The first kappa shape index (κ1) is 31.7. The van der Waals surface area contributed by atoms with Gasteiger partial charge in [0.2, 0.25) is 0 Å². The fraction of sp³-hybridized carbons (Fsp3) is 0.677. The van der Waals surface area contributed by atoms with Gasteiger partial charge in [-0.05, 0) is 25.0 Å². The van der Waals surface area contributed by atoms with Crippen molar-refractivity contribution < 1.29 is 9.32 Å². The molecule has 208 valence electrons. The highest BCUT2D eigenvalue weighted by atomic mass is 35.5. The van der Waals surface area contributed by atoms with Gasteiger partial charge < -0.3 is 9.84 Å². The summed E-state index contributed by atoms with van der Waals surface area (Å²) in [5.74, 6) is 0.412. The fourth-order valence-corrected chi connectivity index (χ4v) is 5.39. The van der Waals surface area contributed by atoms with Gasteiger partial charge in [0.25, 0.3) is 5.91 Å². The van der Waals surface area contributed by atoms with Crippen molar-refractivity contribution >= 4 is 29.1 Å². The molecule has 1 amide bonds. The minimum atomic E-state index is -0.170. The molecule has 0 aliphatic carbocycles. The zero-order chi connectivity index (χ0) is 26.7. The molecule has 0 fully saturated rings. The highest BCUT2D eigenvalue weighted by molar-refractivity contribution is 6.39. The molecular weight excluding hydrogens is 503 g/mol. The quantitative estimate of drug-likeness (QED) is 0.157. The Morgan fingerprint density at radius 3 is 1.73 bits per heavy atom. The van der Waals surface area contributed by atoms with E-state index >= 15 is 0 Å². The lowest BCUT2D eigenvalue weighted by molar-refractivity contribution is 0.0951. The van der Waals surface area contributed by atoms with Gasteiger partial charge in [-0.15, -0.1) is 0 Å². The number of amides is 1. The van der Waals surface area contributed by atoms with Gasteiger partial charge in [0.1, 0.15) is 17.0 Å². The predicted octanol–water partition coefficient (Wildman–Crippen LogP) is 10.6. The third-order valence-electron chi connectivity index (χ3n) is 6.98. The van der Waals surface area contributed by atoms with Crippen molar-refractivity contribution in [3.8, 4) is 11.3 Å². The summed E-state index contributed by atoms with van der Waals surface area (Å²) in [6, 6.07) is 5.27. The normalized spacial score (nSPS) is 11.2. The number of carbonyl (C=O) groups is 1. The Kier molecular flexibility index (Phi) is 16.7. The Hall–Kier alpha value is -1.52. The molecule has 2 rings (SSSR count). The number of nitrogens with zero attached hydrogens (tertiary/aromatic N) is 1. The molecule has 1 heterocycles. The topological polar surface area (TPSA) is 55.1 Å². The summed E-state index contributed by atoms with van der Waals surface area (Å²) in [7, 11) is 0. The van der Waals surface area contributed by atoms with Gasteiger partial charge in [0.05, 0.1) is 10.0 Å². The molecule has 0 saturated heterocycles. The summed E-state index contributed by atoms with van der Waals surface area (Å²) in [5, 5.41) is 8.14. The van der Waals surface area contributed by atoms with Gasteiger partial charge in [0.15, 0.2) is 0 Å². The van der Waals surface area contributed by atoms with E-state index in [4.69, 9.17) is 27.7 Å². The van der Waals surface area contributed by atoms with E-state index in [1.165, 1.54) is 89.9 Å². The lowest BCUT2D eigenvalue weighted by atomic mass is 10.0. The van der Waals surface area contributed by atoms with Gasteiger partial charge in [-0.3, -0.25) is 4.79 Å². The lowest BCUT2D eigenvalue weighted by Gasteiger charge is -2.09. The summed E-state index contributed by atoms with van der Waals surface area (Å²) in [4.78, 5) is 13.1. The zero-order valence-electron chi connectivity index (χ0n) is 23.2. The average Bonchev–Trinajstić information content (AvgIpc) is 3.29. The number of aromatic nitrogens is 1. The van der Waals surface area contributed by atoms with Crippen LogP contribution in [-0.4, -0.2) is 17.6 Å². The maximum atomic E-state index is 13.1. The molecule has 0 aliphatic heterocycles. The van der Waals surface area contributed by atoms with Crippen LogP contribution in [0.1, 0.15) is 139 Å². The fourth-order valence-electron chi connectivity index (χ4n) is 4.81. The second-order valence-corrected chi connectivity index (χ2v) is 11.0. The van der Waals surface area contributed by atoms with E-state index in [0.29, 0.717) is 45.6 Å². The van der Waals surface area contributed by atoms with E-state index in [1.807, 2.05) is 6.92 Å². The van der Waals surface area contributed by atoms with Crippen LogP contribution in [0.25, 0.3) is 11.3 Å². The van der Waals surface area contributed by atoms with Gasteiger partial charge >= 0.3 is 0 Å². The molecule has 1 N–H and O–H groups in total. The smallest absolute Gasteiger partial charge is 0.257 e. The van der Waals surface area contributed by atoms with Crippen molar-refractivity contribution in [3.05, 3.63) is 39.6 Å². The van der Waals surface area contributed by atoms with E-state index in [1.54, 1.807) is 18.2 Å². The lowest BCUT2D eigenvalue weighted by Crippen LogP contribution is -2.25. The number of hydrogen-bond acceptors (Lipinski definition) is 3. The molecule has 0 atom stereocenters. The molecule has 37 heavy (non-hydrogen) atoms. The standard InChI is InChI=1S/C31H48Cl2N2O2/c1-3-5-6-7-8-9-10-11-12-13-14-15-16-17-18-19-24-34-31(36)29-27(21-4-2)37-35-30(29)28-25(32)22-20-23-26(28)33/h20,22-23H,3-19,21,24H2,1-2H3,(H,34,36). The number of carbonyl (C=O) groups excluding carboxylic acids is 1. The van der Waals surface area contributed by atoms with Crippen LogP contribution in [0.4, 0.5) is 0 Å². The maximum absolute atomic E-state index is 13.1. The van der Waals surface area contributed by atoms with Crippen LogP contribution in [0.3, 0.4) is 0 Å². The number of halogens is 2. The van der Waals surface area contributed by atoms with Crippen LogP contribution in [0.15, 0.2) is 22.7 Å². The second-order valence-electron chi connectivity index (χ2n) is 10.2. The number of rotatable bonds is 21. The Bertz CT molecular complexity index is 877. The van der Waals surface area contributed by atoms with E-state index in [2.05, 4.69) is 17.4 Å². The largest absolute Gasteiger partial charge is 0.360 e. The molecule has 4 nitrogen and oxygen atoms in total. The van der Waals surface area contributed by atoms with Crippen molar-refractivity contribution in [1.82, 2.24) is 10.5 Å². The molecular formula is C31H48Cl2N2O2. The molecule has 2 aromatic rings. The Morgan fingerprint density at radius 2 is 1.24 bits per heavy atom. The van der Waals surface area contributed by atoms with Crippen LogP contribution in [-0.2, 0) is 6.42 Å². The molecule has 0 radical (unpaired) electrons. The van der Waals surface area contributed by atoms with E-state index < -0.39 is 0 Å². The number of benzene rings is 1. The summed E-state index contributed by atoms with van der Waals surface area (Å²) in [5.41, 5.74) is 1.42. The Morgan fingerprint density at radius 1 is 0.757 bits per heavy atom. The van der Waals surface area contributed by atoms with Crippen molar-refractivity contribution in [2.24, 2.45) is 0 Å². The first-order valence-corrected chi connectivity index (χ1v) is 15.6. The van der Waals surface area contributed by atoms with Crippen LogP contribution < -0.4 is 5.32 Å². The molecule has 0 saturated carbocycles. The molecule has 0 unspecified atom stereocenters. The van der Waals surface area contributed by atoms with Gasteiger partial charge in [-0.1, -0.05) is 145 Å². The van der Waals surface area contributed by atoms with E-state index in [-0.39, 0.29) is 5.91 Å². The monoisotopic (exact) mass is 550 g/mol. The van der Waals surface area contributed by atoms with Crippen molar-refractivity contribution in [3.63, 3.8) is 0 Å². The zero-order valence-corrected chi connectivity index (χ0v) is 24.7. The molecule has 0 aliphatic rings. The van der Waals surface area contributed by atoms with Crippen molar-refractivity contribution in [2.75, 3.05) is 6.54 Å². The van der Waals surface area contributed by atoms with Gasteiger partial charge in [0, 0.05) is 18.5 Å². The summed E-state index contributed by atoms with van der Waals surface area (Å²) < 4.78 is 5.53. The summed E-state index contributed by atoms with van der Waals surface area (Å²) in [6.07, 6.45) is 22.8. The third kappa shape index (κ3) is 11.8. The van der Waals surface area contributed by atoms with E-state index in [9.17, 15) is 4.79 Å². The second kappa shape index (κ2) is 19.5. The Labute approximate surface area is 235 Å². The predicted molar refractivity (Wildman–Crippen MR) is 158 cm³/mol. The maximum Gasteiger partial charge on any atom is 0.257 e. The van der Waals surface area contributed by atoms with E-state index in [0.717, 1.165) is 19.3 Å². The molecule has 1 aromatic carbocycles. The molecule has 6 heteroatoms.